The maximum Gasteiger partial charge on any atom is 0.211 e. The summed E-state index contributed by atoms with van der Waals surface area (Å²) in [5.41, 5.74) is 0. The number of sulfonamides is 2. The van der Waals surface area contributed by atoms with Crippen molar-refractivity contribution in [2.45, 2.75) is 94.5 Å². The van der Waals surface area contributed by atoms with E-state index in [9.17, 15) is 47.5 Å². The fraction of sp³-hybridized carbons (Fsp3) is 1.00. The van der Waals surface area contributed by atoms with Crippen LogP contribution in [0.15, 0.2) is 0 Å². The normalized spacial score (nSPS) is 38.2. The van der Waals surface area contributed by atoms with Gasteiger partial charge in [-0.25, -0.2) is 26.3 Å². The third-order valence-electron chi connectivity index (χ3n) is 5.85. The number of hydrogen-bond acceptors (Lipinski definition) is 13. The molecule has 8 N–H and O–H groups in total. The van der Waals surface area contributed by atoms with E-state index in [1.54, 1.807) is 6.92 Å². The SMILES string of the molecule is CCCCS(=O)(=O)NC[C@H]1OC(O[C@H]2O[C@H](CNS(=O)(=O)CCC)[C@@H](O)[C@H](O)[C@H]2O)[C@H](O)[C@@H](O)[C@@H]1O. The van der Waals surface area contributed by atoms with E-state index < -0.39 is 94.5 Å². The van der Waals surface area contributed by atoms with Gasteiger partial charge in [0, 0.05) is 13.1 Å². The lowest BCUT2D eigenvalue weighted by Gasteiger charge is -2.45. The minimum atomic E-state index is -3.70. The van der Waals surface area contributed by atoms with Crippen molar-refractivity contribution in [2.75, 3.05) is 24.6 Å². The Labute approximate surface area is 210 Å². The number of aliphatic hydroxyl groups excluding tert-OH is 6. The molecule has 214 valence electrons. The van der Waals surface area contributed by atoms with Crippen LogP contribution in [-0.4, -0.2) is 133 Å². The number of aliphatic hydroxyl groups is 6. The van der Waals surface area contributed by atoms with Gasteiger partial charge in [0.1, 0.15) is 48.8 Å². The van der Waals surface area contributed by atoms with Gasteiger partial charge in [0.15, 0.2) is 12.6 Å². The lowest BCUT2D eigenvalue weighted by atomic mass is 9.98. The summed E-state index contributed by atoms with van der Waals surface area (Å²) in [6.07, 6.45) is -15.7. The third kappa shape index (κ3) is 8.48. The summed E-state index contributed by atoms with van der Waals surface area (Å²) in [4.78, 5) is 0. The molecule has 10 atom stereocenters. The van der Waals surface area contributed by atoms with Crippen molar-refractivity contribution < 1.29 is 61.7 Å². The van der Waals surface area contributed by atoms with E-state index in [-0.39, 0.29) is 11.5 Å². The molecule has 0 aromatic rings. The average Bonchev–Trinajstić information content (AvgIpc) is 2.81. The van der Waals surface area contributed by atoms with E-state index >= 15 is 0 Å². The number of ether oxygens (including phenoxy) is 3. The first-order chi connectivity index (χ1) is 16.7. The molecule has 36 heavy (non-hydrogen) atoms. The van der Waals surface area contributed by atoms with Gasteiger partial charge in [-0.05, 0) is 12.8 Å². The van der Waals surface area contributed by atoms with E-state index in [0.29, 0.717) is 19.3 Å². The first kappa shape index (κ1) is 31.7. The summed E-state index contributed by atoms with van der Waals surface area (Å²) in [5.74, 6) is -0.351. The van der Waals surface area contributed by atoms with Crippen molar-refractivity contribution in [3.63, 3.8) is 0 Å². The molecule has 0 aromatic carbocycles. The number of nitrogens with one attached hydrogen (secondary N) is 2. The highest BCUT2D eigenvalue weighted by Gasteiger charge is 2.50. The fourth-order valence-corrected chi connectivity index (χ4v) is 6.02. The first-order valence-electron chi connectivity index (χ1n) is 11.7. The summed E-state index contributed by atoms with van der Waals surface area (Å²) in [5, 5.41) is 61.4. The van der Waals surface area contributed by atoms with Gasteiger partial charge in [-0.1, -0.05) is 20.3 Å². The van der Waals surface area contributed by atoms with Crippen LogP contribution in [-0.2, 0) is 34.3 Å². The molecule has 17 heteroatoms. The molecule has 2 aliphatic rings. The molecule has 0 radical (unpaired) electrons. The van der Waals surface area contributed by atoms with Gasteiger partial charge in [-0.15, -0.1) is 0 Å². The van der Waals surface area contributed by atoms with Crippen LogP contribution in [0.3, 0.4) is 0 Å². The Morgan fingerprint density at radius 3 is 1.44 bits per heavy atom. The van der Waals surface area contributed by atoms with Gasteiger partial charge >= 0.3 is 0 Å². The molecule has 0 saturated carbocycles. The third-order valence-corrected chi connectivity index (χ3v) is 8.84. The fourth-order valence-electron chi connectivity index (χ4n) is 3.69. The predicted molar refractivity (Wildman–Crippen MR) is 123 cm³/mol. The summed E-state index contributed by atoms with van der Waals surface area (Å²) in [6, 6.07) is 0. The molecule has 2 heterocycles. The summed E-state index contributed by atoms with van der Waals surface area (Å²) < 4.78 is 68.6. The number of rotatable bonds is 13. The van der Waals surface area contributed by atoms with Gasteiger partial charge in [-0.2, -0.15) is 0 Å². The van der Waals surface area contributed by atoms with E-state index in [1.165, 1.54) is 0 Å². The van der Waals surface area contributed by atoms with Gasteiger partial charge in [0.2, 0.25) is 20.0 Å². The minimum Gasteiger partial charge on any atom is -0.388 e. The Bertz CT molecular complexity index is 890. The predicted octanol–water partition coefficient (Wildman–Crippen LogP) is -4.33. The monoisotopic (exact) mass is 566 g/mol. The Hall–Kier alpha value is -0.540. The Balaban J connectivity index is 2.08. The van der Waals surface area contributed by atoms with E-state index in [4.69, 9.17) is 14.2 Å². The molecule has 0 aromatic heterocycles. The van der Waals surface area contributed by atoms with Gasteiger partial charge < -0.3 is 44.8 Å². The molecule has 2 fully saturated rings. The van der Waals surface area contributed by atoms with Crippen LogP contribution in [0.1, 0.15) is 33.1 Å². The van der Waals surface area contributed by atoms with Crippen LogP contribution < -0.4 is 9.44 Å². The smallest absolute Gasteiger partial charge is 0.211 e. The zero-order valence-electron chi connectivity index (χ0n) is 20.1. The highest BCUT2D eigenvalue weighted by atomic mass is 32.2. The Morgan fingerprint density at radius 2 is 1.06 bits per heavy atom. The topological polar surface area (TPSA) is 241 Å². The van der Waals surface area contributed by atoms with Crippen LogP contribution in [0.4, 0.5) is 0 Å². The molecule has 2 aliphatic heterocycles. The Morgan fingerprint density at radius 1 is 0.639 bits per heavy atom. The molecule has 0 aliphatic carbocycles. The lowest BCUT2D eigenvalue weighted by molar-refractivity contribution is -0.372. The second-order valence-electron chi connectivity index (χ2n) is 8.85. The van der Waals surface area contributed by atoms with Gasteiger partial charge in [0.25, 0.3) is 0 Å². The molecule has 0 amide bonds. The molecule has 0 bridgehead atoms. The van der Waals surface area contributed by atoms with Crippen LogP contribution in [0.5, 0.6) is 0 Å². The van der Waals surface area contributed by atoms with Crippen molar-refractivity contribution in [1.29, 1.82) is 0 Å². The van der Waals surface area contributed by atoms with E-state index in [2.05, 4.69) is 9.44 Å². The Kier molecular flexibility index (Phi) is 11.9. The van der Waals surface area contributed by atoms with Crippen LogP contribution >= 0.6 is 0 Å². The molecule has 2 saturated heterocycles. The molecule has 15 nitrogen and oxygen atoms in total. The van der Waals surface area contributed by atoms with Crippen LogP contribution in [0.25, 0.3) is 0 Å². The largest absolute Gasteiger partial charge is 0.388 e. The van der Waals surface area contributed by atoms with Crippen molar-refractivity contribution >= 4 is 20.0 Å². The van der Waals surface area contributed by atoms with Crippen LogP contribution in [0, 0.1) is 0 Å². The van der Waals surface area contributed by atoms with E-state index in [0.717, 1.165) is 0 Å². The first-order valence-corrected chi connectivity index (χ1v) is 15.0. The second kappa shape index (κ2) is 13.5. The molecular weight excluding hydrogens is 528 g/mol. The van der Waals surface area contributed by atoms with Crippen molar-refractivity contribution in [2.24, 2.45) is 0 Å². The minimum absolute atomic E-state index is 0.164. The molecule has 0 spiro atoms. The van der Waals surface area contributed by atoms with Crippen molar-refractivity contribution in [1.82, 2.24) is 9.44 Å². The summed E-state index contributed by atoms with van der Waals surface area (Å²) >= 11 is 0. The summed E-state index contributed by atoms with van der Waals surface area (Å²) in [7, 11) is -7.39. The maximum atomic E-state index is 12.1. The zero-order chi connectivity index (χ0) is 27.3. The zero-order valence-corrected chi connectivity index (χ0v) is 21.7. The second-order valence-corrected chi connectivity index (χ2v) is 12.7. The average molecular weight is 567 g/mol. The van der Waals surface area contributed by atoms with E-state index in [1.807, 2.05) is 6.92 Å². The maximum absolute atomic E-state index is 12.1. The standard InChI is InChI=1S/C19H38N2O13S2/c1-3-5-7-36(30,31)21-9-11-13(23)15(25)17(27)19(33-11)34-18-16(26)14(24)12(22)10(32-18)8-20-35(28,29)6-4-2/h10-27H,3-9H2,1-2H3/t10-,11-,12-,13-,14+,15+,16-,17-,18-,19?/m1/s1. The molecular formula is C19H38N2O13S2. The number of hydrogen-bond donors (Lipinski definition) is 8. The lowest BCUT2D eigenvalue weighted by Crippen LogP contribution is -2.64. The highest BCUT2D eigenvalue weighted by molar-refractivity contribution is 7.89. The molecule has 1 unspecified atom stereocenters. The summed E-state index contributed by atoms with van der Waals surface area (Å²) in [6.45, 7) is 2.53. The molecule has 2 rings (SSSR count). The van der Waals surface area contributed by atoms with Gasteiger partial charge in [0.05, 0.1) is 11.5 Å². The van der Waals surface area contributed by atoms with Crippen molar-refractivity contribution in [3.8, 4) is 0 Å². The van der Waals surface area contributed by atoms with Gasteiger partial charge in [-0.3, -0.25) is 0 Å². The highest BCUT2D eigenvalue weighted by Crippen LogP contribution is 2.28. The van der Waals surface area contributed by atoms with Crippen LogP contribution in [0.2, 0.25) is 0 Å². The number of unbranched alkanes of at least 4 members (excludes halogenated alkanes) is 1. The quantitative estimate of drug-likeness (QED) is 0.105. The van der Waals surface area contributed by atoms with Crippen molar-refractivity contribution in [3.05, 3.63) is 0 Å².